The largest absolute Gasteiger partial charge is 0.145 e. The Kier molecular flexibility index (Phi) is 3.85. The molecule has 0 aliphatic heterocycles. The molecule has 1 aromatic rings. The fraction of sp³-hybridized carbons (Fsp3) is 0.750. The molecule has 1 heteroatoms. The Morgan fingerprint density at radius 2 is 0.882 bits per heavy atom. The molecule has 0 amide bonds. The van der Waals surface area contributed by atoms with Crippen molar-refractivity contribution in [3.8, 4) is 0 Å². The predicted molar refractivity (Wildman–Crippen MR) is 76.1 cm³/mol. The number of hydrogen-bond acceptors (Lipinski definition) is 1. The van der Waals surface area contributed by atoms with E-state index in [1.807, 2.05) is 11.1 Å². The molecule has 0 radical (unpaired) electrons. The molecular formula is C16H24S. The zero-order valence-corrected chi connectivity index (χ0v) is 11.7. The van der Waals surface area contributed by atoms with Gasteiger partial charge in [0.2, 0.25) is 0 Å². The summed E-state index contributed by atoms with van der Waals surface area (Å²) >= 11 is 2.18. The number of hydrogen-bond donors (Lipinski definition) is 0. The first kappa shape index (κ1) is 11.8. The lowest BCUT2D eigenvalue weighted by molar-refractivity contribution is 0.604. The molecule has 0 saturated heterocycles. The van der Waals surface area contributed by atoms with E-state index >= 15 is 0 Å². The van der Waals surface area contributed by atoms with E-state index in [4.69, 9.17) is 0 Å². The number of fused-ring (bicyclic) bond motifs is 3. The molecule has 0 aromatic carbocycles. The Morgan fingerprint density at radius 1 is 0.471 bits per heavy atom. The van der Waals surface area contributed by atoms with Crippen LogP contribution in [-0.4, -0.2) is 0 Å². The standard InChI is InChI=1S/C16H24S/c1-3-7-11-15-13(9-5-1)14-10-6-2-4-8-12-16(14)17-15/h1-12H2. The lowest BCUT2D eigenvalue weighted by atomic mass is 9.91. The van der Waals surface area contributed by atoms with Crippen LogP contribution in [0, 0.1) is 0 Å². The summed E-state index contributed by atoms with van der Waals surface area (Å²) in [4.78, 5) is 3.55. The topological polar surface area (TPSA) is 0 Å². The van der Waals surface area contributed by atoms with Crippen molar-refractivity contribution in [2.24, 2.45) is 0 Å². The molecule has 0 nitrogen and oxygen atoms in total. The molecule has 0 unspecified atom stereocenters. The Bertz CT molecular complexity index is 341. The van der Waals surface area contributed by atoms with Gasteiger partial charge in [0.1, 0.15) is 0 Å². The van der Waals surface area contributed by atoms with Crippen molar-refractivity contribution in [2.75, 3.05) is 0 Å². The van der Waals surface area contributed by atoms with Gasteiger partial charge in [0.05, 0.1) is 0 Å². The van der Waals surface area contributed by atoms with Crippen molar-refractivity contribution in [3.05, 3.63) is 20.9 Å². The van der Waals surface area contributed by atoms with E-state index in [1.165, 1.54) is 77.0 Å². The normalized spacial score (nSPS) is 21.6. The molecule has 2 aliphatic carbocycles. The maximum Gasteiger partial charge on any atom is 0.00830 e. The SMILES string of the molecule is C1CCCc2c(sc3c2CCCCCC3)CC1. The first-order valence-electron chi connectivity index (χ1n) is 7.57. The summed E-state index contributed by atoms with van der Waals surface area (Å²) in [7, 11) is 0. The van der Waals surface area contributed by atoms with Crippen LogP contribution in [0.3, 0.4) is 0 Å². The second kappa shape index (κ2) is 5.56. The van der Waals surface area contributed by atoms with Crippen molar-refractivity contribution in [1.82, 2.24) is 0 Å². The average molecular weight is 248 g/mol. The molecule has 94 valence electrons. The molecule has 0 atom stereocenters. The maximum absolute atomic E-state index is 2.18. The van der Waals surface area contributed by atoms with Gasteiger partial charge >= 0.3 is 0 Å². The summed E-state index contributed by atoms with van der Waals surface area (Å²) in [6.07, 6.45) is 17.1. The van der Waals surface area contributed by atoms with Crippen LogP contribution in [-0.2, 0) is 25.7 Å². The van der Waals surface area contributed by atoms with Crippen molar-refractivity contribution in [3.63, 3.8) is 0 Å². The molecule has 2 aliphatic rings. The van der Waals surface area contributed by atoms with Gasteiger partial charge in [-0.3, -0.25) is 0 Å². The smallest absolute Gasteiger partial charge is 0.00830 e. The zero-order valence-electron chi connectivity index (χ0n) is 10.9. The quantitative estimate of drug-likeness (QED) is 0.601. The summed E-state index contributed by atoms with van der Waals surface area (Å²) in [5.41, 5.74) is 3.62. The minimum Gasteiger partial charge on any atom is -0.145 e. The van der Waals surface area contributed by atoms with E-state index in [0.29, 0.717) is 0 Å². The fourth-order valence-electron chi connectivity index (χ4n) is 3.47. The van der Waals surface area contributed by atoms with Crippen LogP contribution in [0.5, 0.6) is 0 Å². The lowest BCUT2D eigenvalue weighted by Gasteiger charge is -2.13. The van der Waals surface area contributed by atoms with Gasteiger partial charge in [-0.1, -0.05) is 25.7 Å². The Balaban J connectivity index is 1.93. The monoisotopic (exact) mass is 248 g/mol. The van der Waals surface area contributed by atoms with Crippen LogP contribution in [0.1, 0.15) is 72.2 Å². The molecule has 0 fully saturated rings. The molecule has 0 N–H and O–H groups in total. The van der Waals surface area contributed by atoms with E-state index in [-0.39, 0.29) is 0 Å². The van der Waals surface area contributed by atoms with E-state index < -0.39 is 0 Å². The molecule has 0 saturated carbocycles. The molecule has 0 bridgehead atoms. The third-order valence-corrected chi connectivity index (χ3v) is 5.84. The van der Waals surface area contributed by atoms with Gasteiger partial charge in [0.25, 0.3) is 0 Å². The van der Waals surface area contributed by atoms with E-state index in [0.717, 1.165) is 0 Å². The summed E-state index contributed by atoms with van der Waals surface area (Å²) in [5, 5.41) is 0. The third kappa shape index (κ3) is 2.59. The lowest BCUT2D eigenvalue weighted by Crippen LogP contribution is -2.01. The molecular weight excluding hydrogens is 224 g/mol. The van der Waals surface area contributed by atoms with Gasteiger partial charge in [-0.25, -0.2) is 0 Å². The highest BCUT2D eigenvalue weighted by Crippen LogP contribution is 2.36. The van der Waals surface area contributed by atoms with E-state index in [1.54, 1.807) is 9.75 Å². The summed E-state index contributed by atoms with van der Waals surface area (Å²) < 4.78 is 0. The van der Waals surface area contributed by atoms with Crippen molar-refractivity contribution >= 4 is 11.3 Å². The Labute approximate surface area is 109 Å². The fourth-order valence-corrected chi connectivity index (χ4v) is 4.96. The van der Waals surface area contributed by atoms with Gasteiger partial charge in [-0.15, -0.1) is 11.3 Å². The summed E-state index contributed by atoms with van der Waals surface area (Å²) in [6.45, 7) is 0. The molecule has 1 aromatic heterocycles. The van der Waals surface area contributed by atoms with Crippen molar-refractivity contribution in [2.45, 2.75) is 77.0 Å². The highest BCUT2D eigenvalue weighted by molar-refractivity contribution is 7.12. The highest BCUT2D eigenvalue weighted by atomic mass is 32.1. The van der Waals surface area contributed by atoms with Crippen LogP contribution in [0.2, 0.25) is 0 Å². The molecule has 1 heterocycles. The minimum absolute atomic E-state index is 1.38. The number of rotatable bonds is 0. The highest BCUT2D eigenvalue weighted by Gasteiger charge is 2.19. The summed E-state index contributed by atoms with van der Waals surface area (Å²) in [5.74, 6) is 0. The predicted octanol–water partition coefficient (Wildman–Crippen LogP) is 5.07. The minimum atomic E-state index is 1.38. The maximum atomic E-state index is 2.18. The number of aryl methyl sites for hydroxylation is 2. The van der Waals surface area contributed by atoms with Gasteiger partial charge < -0.3 is 0 Å². The Morgan fingerprint density at radius 3 is 1.35 bits per heavy atom. The van der Waals surface area contributed by atoms with Crippen LogP contribution >= 0.6 is 11.3 Å². The van der Waals surface area contributed by atoms with Crippen molar-refractivity contribution < 1.29 is 0 Å². The van der Waals surface area contributed by atoms with E-state index in [2.05, 4.69) is 11.3 Å². The average Bonchev–Trinajstić information content (AvgIpc) is 2.55. The van der Waals surface area contributed by atoms with Crippen LogP contribution < -0.4 is 0 Å². The third-order valence-electron chi connectivity index (χ3n) is 4.45. The van der Waals surface area contributed by atoms with Gasteiger partial charge in [-0.05, 0) is 62.5 Å². The van der Waals surface area contributed by atoms with Crippen LogP contribution in [0.25, 0.3) is 0 Å². The first-order valence-corrected chi connectivity index (χ1v) is 8.39. The molecule has 3 rings (SSSR count). The van der Waals surface area contributed by atoms with Gasteiger partial charge in [0.15, 0.2) is 0 Å². The van der Waals surface area contributed by atoms with Crippen LogP contribution in [0.4, 0.5) is 0 Å². The van der Waals surface area contributed by atoms with Crippen LogP contribution in [0.15, 0.2) is 0 Å². The summed E-state index contributed by atoms with van der Waals surface area (Å²) in [6, 6.07) is 0. The number of thiophene rings is 1. The van der Waals surface area contributed by atoms with E-state index in [9.17, 15) is 0 Å². The molecule has 17 heavy (non-hydrogen) atoms. The molecule has 0 spiro atoms. The van der Waals surface area contributed by atoms with Gasteiger partial charge in [0, 0.05) is 9.75 Å². The van der Waals surface area contributed by atoms with Crippen molar-refractivity contribution in [1.29, 1.82) is 0 Å². The second-order valence-corrected chi connectivity index (χ2v) is 6.92. The first-order chi connectivity index (χ1) is 8.45. The second-order valence-electron chi connectivity index (χ2n) is 5.73. The van der Waals surface area contributed by atoms with Gasteiger partial charge in [-0.2, -0.15) is 0 Å². The Hall–Kier alpha value is -0.300. The zero-order chi connectivity index (χ0) is 11.5.